The van der Waals surface area contributed by atoms with Crippen molar-refractivity contribution < 1.29 is 9.53 Å². The molecule has 0 heterocycles. The molecule has 0 aliphatic heterocycles. The third kappa shape index (κ3) is 2.21. The zero-order valence-electron chi connectivity index (χ0n) is 7.85. The maximum atomic E-state index is 11.1. The van der Waals surface area contributed by atoms with Crippen LogP contribution in [0.1, 0.15) is 22.8 Å². The first-order valence-electron chi connectivity index (χ1n) is 3.91. The number of hydrogen-bond donors (Lipinski definition) is 0. The lowest BCUT2D eigenvalue weighted by molar-refractivity contribution is 0.101. The van der Waals surface area contributed by atoms with Crippen LogP contribution in [0, 0.1) is 10.5 Å². The van der Waals surface area contributed by atoms with E-state index >= 15 is 0 Å². The zero-order valence-corrected chi connectivity index (χ0v) is 10.0. The molecule has 0 fully saturated rings. The van der Waals surface area contributed by atoms with E-state index in [-0.39, 0.29) is 5.78 Å². The van der Waals surface area contributed by atoms with Gasteiger partial charge in [-0.05, 0) is 48.6 Å². The molecule has 0 unspecified atom stereocenters. The van der Waals surface area contributed by atoms with Gasteiger partial charge in [-0.15, -0.1) is 0 Å². The molecular formula is C10H11IO2. The van der Waals surface area contributed by atoms with Crippen LogP contribution >= 0.6 is 22.6 Å². The zero-order chi connectivity index (χ0) is 10.0. The van der Waals surface area contributed by atoms with Gasteiger partial charge in [0.1, 0.15) is 5.75 Å². The highest BCUT2D eigenvalue weighted by Gasteiger charge is 2.07. The van der Waals surface area contributed by atoms with Crippen LogP contribution < -0.4 is 4.74 Å². The number of benzene rings is 1. The lowest BCUT2D eigenvalue weighted by Gasteiger charge is -2.08. The molecule has 0 aliphatic rings. The van der Waals surface area contributed by atoms with Gasteiger partial charge in [0.25, 0.3) is 0 Å². The highest BCUT2D eigenvalue weighted by molar-refractivity contribution is 14.1. The summed E-state index contributed by atoms with van der Waals surface area (Å²) in [7, 11) is 1.61. The molecule has 0 atom stereocenters. The van der Waals surface area contributed by atoms with Crippen LogP contribution in [0.4, 0.5) is 0 Å². The summed E-state index contributed by atoms with van der Waals surface area (Å²) in [5.41, 5.74) is 1.78. The normalized spacial score (nSPS) is 9.85. The van der Waals surface area contributed by atoms with E-state index in [1.165, 1.54) is 0 Å². The molecular weight excluding hydrogens is 279 g/mol. The fraction of sp³-hybridized carbons (Fsp3) is 0.300. The Morgan fingerprint density at radius 2 is 2.08 bits per heavy atom. The second-order valence-electron chi connectivity index (χ2n) is 2.84. The van der Waals surface area contributed by atoms with Gasteiger partial charge < -0.3 is 4.74 Å². The molecule has 0 radical (unpaired) electrons. The fourth-order valence-corrected chi connectivity index (χ4v) is 1.67. The maximum absolute atomic E-state index is 11.1. The first-order valence-corrected chi connectivity index (χ1v) is 4.99. The average Bonchev–Trinajstić information content (AvgIpc) is 2.09. The van der Waals surface area contributed by atoms with Gasteiger partial charge in [0, 0.05) is 14.7 Å². The lowest BCUT2D eigenvalue weighted by atomic mass is 10.1. The molecule has 0 amide bonds. The molecule has 1 aromatic rings. The van der Waals surface area contributed by atoms with Crippen LogP contribution in [0.2, 0.25) is 0 Å². The van der Waals surface area contributed by atoms with E-state index in [1.54, 1.807) is 20.1 Å². The molecule has 13 heavy (non-hydrogen) atoms. The molecule has 70 valence electrons. The Labute approximate surface area is 91.4 Å². The van der Waals surface area contributed by atoms with E-state index in [9.17, 15) is 4.79 Å². The molecule has 3 heteroatoms. The van der Waals surface area contributed by atoms with Crippen molar-refractivity contribution in [2.75, 3.05) is 7.11 Å². The van der Waals surface area contributed by atoms with Gasteiger partial charge in [-0.1, -0.05) is 0 Å². The second kappa shape index (κ2) is 4.09. The van der Waals surface area contributed by atoms with Crippen molar-refractivity contribution in [3.8, 4) is 5.75 Å². The summed E-state index contributed by atoms with van der Waals surface area (Å²) in [5.74, 6) is 0.841. The molecule has 2 nitrogen and oxygen atoms in total. The van der Waals surface area contributed by atoms with Crippen LogP contribution in [0.3, 0.4) is 0 Å². The third-order valence-electron chi connectivity index (χ3n) is 1.92. The van der Waals surface area contributed by atoms with Crippen molar-refractivity contribution in [1.29, 1.82) is 0 Å². The number of methoxy groups -OCH3 is 1. The highest BCUT2D eigenvalue weighted by atomic mass is 127. The molecule has 0 saturated heterocycles. The van der Waals surface area contributed by atoms with Crippen molar-refractivity contribution in [2.24, 2.45) is 0 Å². The smallest absolute Gasteiger partial charge is 0.159 e. The molecule has 1 rings (SSSR count). The van der Waals surface area contributed by atoms with E-state index in [0.717, 1.165) is 14.9 Å². The van der Waals surface area contributed by atoms with Crippen LogP contribution in [-0.4, -0.2) is 12.9 Å². The minimum Gasteiger partial charge on any atom is -0.496 e. The van der Waals surface area contributed by atoms with Crippen LogP contribution in [0.25, 0.3) is 0 Å². The van der Waals surface area contributed by atoms with Gasteiger partial charge in [-0.2, -0.15) is 0 Å². The Balaban J connectivity index is 3.30. The van der Waals surface area contributed by atoms with Gasteiger partial charge >= 0.3 is 0 Å². The molecule has 0 bridgehead atoms. The van der Waals surface area contributed by atoms with Gasteiger partial charge in [0.05, 0.1) is 7.11 Å². The minimum absolute atomic E-state index is 0.0659. The SMILES string of the molecule is COc1cc(C(C)=O)cc(I)c1C. The monoisotopic (exact) mass is 290 g/mol. The van der Waals surface area contributed by atoms with Crippen molar-refractivity contribution in [2.45, 2.75) is 13.8 Å². The van der Waals surface area contributed by atoms with E-state index in [4.69, 9.17) is 4.74 Å². The van der Waals surface area contributed by atoms with Gasteiger partial charge in [-0.3, -0.25) is 4.79 Å². The number of carbonyl (C=O) groups excluding carboxylic acids is 1. The summed E-state index contributed by atoms with van der Waals surface area (Å²) in [4.78, 5) is 11.1. The Morgan fingerprint density at radius 1 is 1.46 bits per heavy atom. The quantitative estimate of drug-likeness (QED) is 0.618. The number of ether oxygens (including phenoxy) is 1. The topological polar surface area (TPSA) is 26.3 Å². The van der Waals surface area contributed by atoms with Crippen molar-refractivity contribution in [3.63, 3.8) is 0 Å². The van der Waals surface area contributed by atoms with E-state index in [1.807, 2.05) is 13.0 Å². The lowest BCUT2D eigenvalue weighted by Crippen LogP contribution is -1.97. The average molecular weight is 290 g/mol. The summed E-state index contributed by atoms with van der Waals surface area (Å²) in [6.07, 6.45) is 0. The summed E-state index contributed by atoms with van der Waals surface area (Å²) < 4.78 is 6.22. The first kappa shape index (κ1) is 10.5. The van der Waals surface area contributed by atoms with Crippen molar-refractivity contribution in [1.82, 2.24) is 0 Å². The number of halogens is 1. The number of Topliss-reactive ketones (excluding diaryl/α,β-unsaturated/α-hetero) is 1. The van der Waals surface area contributed by atoms with E-state index in [0.29, 0.717) is 5.56 Å². The van der Waals surface area contributed by atoms with Gasteiger partial charge in [-0.25, -0.2) is 0 Å². The van der Waals surface area contributed by atoms with E-state index in [2.05, 4.69) is 22.6 Å². The number of rotatable bonds is 2. The number of carbonyl (C=O) groups is 1. The first-order chi connectivity index (χ1) is 6.06. The molecule has 1 aromatic carbocycles. The summed E-state index contributed by atoms with van der Waals surface area (Å²) in [5, 5.41) is 0. The summed E-state index contributed by atoms with van der Waals surface area (Å²) >= 11 is 2.20. The minimum atomic E-state index is 0.0659. The molecule has 0 saturated carbocycles. The number of hydrogen-bond acceptors (Lipinski definition) is 2. The predicted molar refractivity (Wildman–Crippen MR) is 60.5 cm³/mol. The Hall–Kier alpha value is -0.580. The summed E-state index contributed by atoms with van der Waals surface area (Å²) in [6, 6.07) is 3.65. The summed E-state index contributed by atoms with van der Waals surface area (Å²) in [6.45, 7) is 3.53. The molecule has 0 spiro atoms. The highest BCUT2D eigenvalue weighted by Crippen LogP contribution is 2.25. The standard InChI is InChI=1S/C10H11IO2/c1-6-9(11)4-8(7(2)12)5-10(6)13-3/h4-5H,1-3H3. The van der Waals surface area contributed by atoms with Crippen LogP contribution in [-0.2, 0) is 0 Å². The predicted octanol–water partition coefficient (Wildman–Crippen LogP) is 2.81. The maximum Gasteiger partial charge on any atom is 0.159 e. The van der Waals surface area contributed by atoms with Gasteiger partial charge in [0.2, 0.25) is 0 Å². The largest absolute Gasteiger partial charge is 0.496 e. The van der Waals surface area contributed by atoms with Crippen molar-refractivity contribution >= 4 is 28.4 Å². The van der Waals surface area contributed by atoms with E-state index < -0.39 is 0 Å². The molecule has 0 aromatic heterocycles. The second-order valence-corrected chi connectivity index (χ2v) is 4.00. The van der Waals surface area contributed by atoms with Crippen molar-refractivity contribution in [3.05, 3.63) is 26.8 Å². The molecule has 0 N–H and O–H groups in total. The number of ketones is 1. The Bertz CT molecular complexity index is 345. The molecule has 0 aliphatic carbocycles. The fourth-order valence-electron chi connectivity index (χ4n) is 1.07. The van der Waals surface area contributed by atoms with Crippen LogP contribution in [0.5, 0.6) is 5.75 Å². The Morgan fingerprint density at radius 3 is 2.54 bits per heavy atom. The van der Waals surface area contributed by atoms with Crippen LogP contribution in [0.15, 0.2) is 12.1 Å². The van der Waals surface area contributed by atoms with Gasteiger partial charge in [0.15, 0.2) is 5.78 Å². The third-order valence-corrected chi connectivity index (χ3v) is 3.04. The Kier molecular flexibility index (Phi) is 3.30.